The summed E-state index contributed by atoms with van der Waals surface area (Å²) in [5.74, 6) is 0. The fraction of sp³-hybridized carbons (Fsp3) is 1.00. The van der Waals surface area contributed by atoms with Gasteiger partial charge in [-0.15, -0.1) is 5.17 Å². The highest BCUT2D eigenvalue weighted by Crippen LogP contribution is 2.13. The molecule has 2 N–H and O–H groups in total. The van der Waals surface area contributed by atoms with Crippen molar-refractivity contribution in [3.8, 4) is 0 Å². The van der Waals surface area contributed by atoms with Gasteiger partial charge in [0.1, 0.15) is 0 Å². The van der Waals surface area contributed by atoms with Gasteiger partial charge in [0.25, 0.3) is 0 Å². The van der Waals surface area contributed by atoms with E-state index in [0.717, 1.165) is 39.1 Å². The number of hydrazine groups is 1. The molecule has 0 aromatic carbocycles. The number of nitrogens with one attached hydrogen (secondary N) is 1. The monoisotopic (exact) mass is 229 g/mol. The molecular formula is C11H23N3O2. The fourth-order valence-corrected chi connectivity index (χ4v) is 2.43. The smallest absolute Gasteiger partial charge is 0.0716 e. The van der Waals surface area contributed by atoms with Gasteiger partial charge in [-0.2, -0.15) is 0 Å². The van der Waals surface area contributed by atoms with Crippen molar-refractivity contribution in [1.82, 2.24) is 15.5 Å². The molecule has 5 nitrogen and oxygen atoms in total. The molecule has 5 heteroatoms. The minimum Gasteiger partial charge on any atom is -0.395 e. The Morgan fingerprint density at radius 2 is 2.25 bits per heavy atom. The summed E-state index contributed by atoms with van der Waals surface area (Å²) >= 11 is 0. The molecule has 1 atom stereocenters. The fourth-order valence-electron chi connectivity index (χ4n) is 2.43. The number of aliphatic hydroxyl groups is 1. The van der Waals surface area contributed by atoms with Crippen LogP contribution >= 0.6 is 0 Å². The highest BCUT2D eigenvalue weighted by molar-refractivity contribution is 4.73. The molecule has 2 heterocycles. The Balaban J connectivity index is 1.60. The molecule has 2 fully saturated rings. The predicted molar refractivity (Wildman–Crippen MR) is 61.6 cm³/mol. The summed E-state index contributed by atoms with van der Waals surface area (Å²) in [5.41, 5.74) is 0. The summed E-state index contributed by atoms with van der Waals surface area (Å²) in [7, 11) is 0. The van der Waals surface area contributed by atoms with Crippen molar-refractivity contribution in [2.24, 2.45) is 0 Å². The van der Waals surface area contributed by atoms with Gasteiger partial charge in [-0.3, -0.25) is 4.84 Å². The maximum Gasteiger partial charge on any atom is 0.0716 e. The Bertz CT molecular complexity index is 198. The quantitative estimate of drug-likeness (QED) is 0.670. The first-order valence-corrected chi connectivity index (χ1v) is 6.39. The summed E-state index contributed by atoms with van der Waals surface area (Å²) in [6.07, 6.45) is 4.79. The van der Waals surface area contributed by atoms with Crippen LogP contribution in [0, 0.1) is 0 Å². The number of hydrogen-bond donors (Lipinski definition) is 2. The molecule has 2 aliphatic rings. The Morgan fingerprint density at radius 3 is 3.00 bits per heavy atom. The van der Waals surface area contributed by atoms with Crippen LogP contribution in [0.3, 0.4) is 0 Å². The summed E-state index contributed by atoms with van der Waals surface area (Å²) in [6.45, 7) is 4.77. The maximum absolute atomic E-state index is 8.91. The van der Waals surface area contributed by atoms with E-state index in [2.05, 4.69) is 10.3 Å². The first-order chi connectivity index (χ1) is 7.90. The van der Waals surface area contributed by atoms with Crippen LogP contribution < -0.4 is 5.32 Å². The molecule has 2 saturated heterocycles. The number of aliphatic hydroxyl groups excluding tert-OH is 1. The number of nitrogens with zero attached hydrogens (tertiary/aromatic N) is 2. The van der Waals surface area contributed by atoms with Gasteiger partial charge in [-0.05, 0) is 32.2 Å². The Hall–Kier alpha value is -0.200. The van der Waals surface area contributed by atoms with E-state index in [1.165, 1.54) is 12.8 Å². The van der Waals surface area contributed by atoms with Crippen LogP contribution in [0.1, 0.15) is 25.7 Å². The molecule has 0 bridgehead atoms. The van der Waals surface area contributed by atoms with E-state index in [1.807, 2.05) is 5.17 Å². The SMILES string of the molecule is OCCN1CCCN1OCCC1CCCN1. The molecule has 0 spiro atoms. The Morgan fingerprint density at radius 1 is 1.31 bits per heavy atom. The molecule has 0 aromatic heterocycles. The van der Waals surface area contributed by atoms with Gasteiger partial charge in [0.05, 0.1) is 13.2 Å². The van der Waals surface area contributed by atoms with E-state index in [-0.39, 0.29) is 6.61 Å². The van der Waals surface area contributed by atoms with Crippen LogP contribution in [-0.4, -0.2) is 60.7 Å². The van der Waals surface area contributed by atoms with Gasteiger partial charge in [-0.1, -0.05) is 0 Å². The van der Waals surface area contributed by atoms with Crippen molar-refractivity contribution in [1.29, 1.82) is 0 Å². The standard InChI is InChI=1S/C11H23N3O2/c15-9-8-13-6-2-7-14(13)16-10-4-11-3-1-5-12-11/h11-12,15H,1-10H2. The minimum atomic E-state index is 0.198. The molecule has 0 aromatic rings. The van der Waals surface area contributed by atoms with Crippen LogP contribution in [0.4, 0.5) is 0 Å². The first kappa shape index (κ1) is 12.3. The van der Waals surface area contributed by atoms with Crippen molar-refractivity contribution in [2.45, 2.75) is 31.7 Å². The van der Waals surface area contributed by atoms with Crippen molar-refractivity contribution in [3.63, 3.8) is 0 Å². The number of hydrogen-bond acceptors (Lipinski definition) is 5. The zero-order valence-corrected chi connectivity index (χ0v) is 9.90. The van der Waals surface area contributed by atoms with Gasteiger partial charge >= 0.3 is 0 Å². The third-order valence-electron chi connectivity index (χ3n) is 3.31. The normalized spacial score (nSPS) is 27.9. The molecule has 0 radical (unpaired) electrons. The largest absolute Gasteiger partial charge is 0.395 e. The Kier molecular flexibility index (Phi) is 4.99. The molecule has 1 unspecified atom stereocenters. The zero-order chi connectivity index (χ0) is 11.2. The molecule has 16 heavy (non-hydrogen) atoms. The second-order valence-corrected chi connectivity index (χ2v) is 4.52. The van der Waals surface area contributed by atoms with E-state index in [9.17, 15) is 0 Å². The van der Waals surface area contributed by atoms with Crippen molar-refractivity contribution >= 4 is 0 Å². The highest BCUT2D eigenvalue weighted by Gasteiger charge is 2.22. The predicted octanol–water partition coefficient (Wildman–Crippen LogP) is -0.0249. The lowest BCUT2D eigenvalue weighted by atomic mass is 10.2. The van der Waals surface area contributed by atoms with E-state index in [4.69, 9.17) is 9.94 Å². The van der Waals surface area contributed by atoms with Gasteiger partial charge in [-0.25, -0.2) is 5.01 Å². The average Bonchev–Trinajstić information content (AvgIpc) is 2.91. The van der Waals surface area contributed by atoms with E-state index in [1.54, 1.807) is 0 Å². The van der Waals surface area contributed by atoms with Crippen molar-refractivity contribution < 1.29 is 9.94 Å². The molecule has 0 saturated carbocycles. The van der Waals surface area contributed by atoms with Gasteiger partial charge in [0, 0.05) is 25.7 Å². The van der Waals surface area contributed by atoms with Crippen LogP contribution in [0.25, 0.3) is 0 Å². The molecule has 2 rings (SSSR count). The Labute approximate surface area is 97.3 Å². The summed E-state index contributed by atoms with van der Waals surface area (Å²) in [4.78, 5) is 5.74. The number of rotatable bonds is 6. The summed E-state index contributed by atoms with van der Waals surface area (Å²) < 4.78 is 0. The summed E-state index contributed by atoms with van der Waals surface area (Å²) in [5, 5.41) is 16.4. The molecule has 0 aliphatic carbocycles. The van der Waals surface area contributed by atoms with Gasteiger partial charge < -0.3 is 10.4 Å². The second-order valence-electron chi connectivity index (χ2n) is 4.52. The molecular weight excluding hydrogens is 206 g/mol. The summed E-state index contributed by atoms with van der Waals surface area (Å²) in [6, 6.07) is 0.647. The zero-order valence-electron chi connectivity index (χ0n) is 9.90. The van der Waals surface area contributed by atoms with E-state index < -0.39 is 0 Å². The lowest BCUT2D eigenvalue weighted by Gasteiger charge is -2.26. The molecule has 0 amide bonds. The third kappa shape index (κ3) is 3.40. The van der Waals surface area contributed by atoms with Crippen LogP contribution in [-0.2, 0) is 4.84 Å². The average molecular weight is 229 g/mol. The van der Waals surface area contributed by atoms with Crippen LogP contribution in [0.15, 0.2) is 0 Å². The van der Waals surface area contributed by atoms with E-state index in [0.29, 0.717) is 12.6 Å². The van der Waals surface area contributed by atoms with Gasteiger partial charge in [0.2, 0.25) is 0 Å². The van der Waals surface area contributed by atoms with Crippen molar-refractivity contribution in [3.05, 3.63) is 0 Å². The molecule has 2 aliphatic heterocycles. The third-order valence-corrected chi connectivity index (χ3v) is 3.31. The van der Waals surface area contributed by atoms with Crippen LogP contribution in [0.5, 0.6) is 0 Å². The van der Waals surface area contributed by atoms with Crippen molar-refractivity contribution in [2.75, 3.05) is 39.4 Å². The number of hydroxylamine groups is 1. The first-order valence-electron chi connectivity index (χ1n) is 6.39. The van der Waals surface area contributed by atoms with Crippen LogP contribution in [0.2, 0.25) is 0 Å². The van der Waals surface area contributed by atoms with E-state index >= 15 is 0 Å². The topological polar surface area (TPSA) is 48.0 Å². The lowest BCUT2D eigenvalue weighted by molar-refractivity contribution is -0.262. The second kappa shape index (κ2) is 6.51. The lowest BCUT2D eigenvalue weighted by Crippen LogP contribution is -2.39. The minimum absolute atomic E-state index is 0.198. The number of β-amino-alcohol motifs (C(OH)–C–C–N with tert-alkyl or cyclic N) is 1. The maximum atomic E-state index is 8.91. The van der Waals surface area contributed by atoms with Gasteiger partial charge in [0.15, 0.2) is 0 Å². The molecule has 94 valence electrons. The highest BCUT2D eigenvalue weighted by atomic mass is 16.7.